The Bertz CT molecular complexity index is 1410. The minimum Gasteiger partial charge on any atom is -0.494 e. The predicted molar refractivity (Wildman–Crippen MR) is 147 cm³/mol. The summed E-state index contributed by atoms with van der Waals surface area (Å²) >= 11 is 3.47. The Kier molecular flexibility index (Phi) is 8.98. The number of anilines is 1. The van der Waals surface area contributed by atoms with Crippen LogP contribution in [0.15, 0.2) is 70.7 Å². The topological polar surface area (TPSA) is 94.2 Å². The van der Waals surface area contributed by atoms with Crippen LogP contribution in [0.25, 0.3) is 6.08 Å². The fourth-order valence-corrected chi connectivity index (χ4v) is 4.35. The van der Waals surface area contributed by atoms with Crippen molar-refractivity contribution in [3.05, 3.63) is 87.7 Å². The number of halogens is 2. The van der Waals surface area contributed by atoms with Crippen molar-refractivity contribution in [2.24, 2.45) is 0 Å². The molecule has 0 unspecified atom stereocenters. The highest BCUT2D eigenvalue weighted by Gasteiger charge is 2.37. The summed E-state index contributed by atoms with van der Waals surface area (Å²) < 4.78 is 31.0. The number of rotatable bonds is 10. The van der Waals surface area contributed by atoms with Gasteiger partial charge in [0.25, 0.3) is 11.8 Å². The van der Waals surface area contributed by atoms with E-state index in [9.17, 15) is 18.8 Å². The fraction of sp³-hybridized carbons (Fsp3) is 0.207. The molecule has 1 aliphatic heterocycles. The maximum absolute atomic E-state index is 13.3. The van der Waals surface area contributed by atoms with Gasteiger partial charge in [-0.05, 0) is 95.0 Å². The van der Waals surface area contributed by atoms with Crippen LogP contribution in [0, 0.1) is 5.82 Å². The van der Waals surface area contributed by atoms with E-state index in [4.69, 9.17) is 14.2 Å². The zero-order valence-electron chi connectivity index (χ0n) is 21.3. The Balaban J connectivity index is 1.61. The van der Waals surface area contributed by atoms with Crippen LogP contribution in [0.1, 0.15) is 31.4 Å². The van der Waals surface area contributed by atoms with Crippen LogP contribution < -0.4 is 24.4 Å². The molecule has 4 rings (SSSR count). The highest BCUT2D eigenvalue weighted by Crippen LogP contribution is 2.38. The minimum absolute atomic E-state index is 0.166. The van der Waals surface area contributed by atoms with E-state index in [-0.39, 0.29) is 18.0 Å². The Morgan fingerprint density at radius 3 is 2.33 bits per heavy atom. The van der Waals surface area contributed by atoms with Crippen molar-refractivity contribution in [1.29, 1.82) is 0 Å². The van der Waals surface area contributed by atoms with Crippen molar-refractivity contribution in [3.63, 3.8) is 0 Å². The molecule has 1 fully saturated rings. The van der Waals surface area contributed by atoms with Crippen LogP contribution in [0.3, 0.4) is 0 Å². The quantitative estimate of drug-likeness (QED) is 0.227. The van der Waals surface area contributed by atoms with Crippen LogP contribution in [-0.2, 0) is 16.2 Å². The van der Waals surface area contributed by atoms with Gasteiger partial charge in [0.15, 0.2) is 11.5 Å². The second kappa shape index (κ2) is 12.6. The van der Waals surface area contributed by atoms with Gasteiger partial charge in [-0.1, -0.05) is 19.1 Å². The molecule has 3 aromatic rings. The number of ether oxygens (including phenoxy) is 3. The molecule has 10 heteroatoms. The van der Waals surface area contributed by atoms with Crippen LogP contribution in [0.2, 0.25) is 0 Å². The molecule has 1 aliphatic rings. The van der Waals surface area contributed by atoms with E-state index in [0.717, 1.165) is 16.9 Å². The zero-order valence-corrected chi connectivity index (χ0v) is 22.9. The molecule has 1 heterocycles. The normalized spacial score (nSPS) is 14.4. The lowest BCUT2D eigenvalue weighted by Gasteiger charge is -2.26. The maximum atomic E-state index is 13.3. The Morgan fingerprint density at radius 2 is 1.67 bits per heavy atom. The van der Waals surface area contributed by atoms with Crippen LogP contribution >= 0.6 is 15.9 Å². The first-order chi connectivity index (χ1) is 18.8. The molecule has 0 bridgehead atoms. The SMILES string of the molecule is CCCOc1ccc(N2C(=O)NC(=O)/C(=C/c3cc(Br)c(OCc4ccc(F)cc4)c(OCC)c3)C2=O)cc1. The van der Waals surface area contributed by atoms with Gasteiger partial charge >= 0.3 is 6.03 Å². The molecule has 4 amide bonds. The first kappa shape index (κ1) is 27.8. The molecule has 202 valence electrons. The van der Waals surface area contributed by atoms with E-state index < -0.39 is 17.8 Å². The van der Waals surface area contributed by atoms with E-state index in [1.54, 1.807) is 48.5 Å². The van der Waals surface area contributed by atoms with Crippen molar-refractivity contribution < 1.29 is 33.0 Å². The number of carbonyl (C=O) groups excluding carboxylic acids is 3. The van der Waals surface area contributed by atoms with Crippen LogP contribution in [-0.4, -0.2) is 31.1 Å². The summed E-state index contributed by atoms with van der Waals surface area (Å²) in [4.78, 5) is 39.4. The van der Waals surface area contributed by atoms with E-state index in [0.29, 0.717) is 46.2 Å². The number of amides is 4. The van der Waals surface area contributed by atoms with Gasteiger partial charge in [0, 0.05) is 0 Å². The highest BCUT2D eigenvalue weighted by atomic mass is 79.9. The fourth-order valence-electron chi connectivity index (χ4n) is 3.78. The smallest absolute Gasteiger partial charge is 0.335 e. The third-order valence-corrected chi connectivity index (χ3v) is 6.20. The molecule has 3 aromatic carbocycles. The van der Waals surface area contributed by atoms with Gasteiger partial charge in [-0.15, -0.1) is 0 Å². The molecule has 1 saturated heterocycles. The number of benzene rings is 3. The molecule has 1 N–H and O–H groups in total. The number of hydrogen-bond donors (Lipinski definition) is 1. The van der Waals surface area contributed by atoms with E-state index in [2.05, 4.69) is 21.2 Å². The summed E-state index contributed by atoms with van der Waals surface area (Å²) in [6.45, 7) is 4.83. The zero-order chi connectivity index (χ0) is 27.9. The lowest BCUT2D eigenvalue weighted by Crippen LogP contribution is -2.54. The molecule has 0 spiro atoms. The third kappa shape index (κ3) is 6.64. The molecule has 0 aromatic heterocycles. The molecular weight excluding hydrogens is 571 g/mol. The summed E-state index contributed by atoms with van der Waals surface area (Å²) in [5.74, 6) is -0.532. The lowest BCUT2D eigenvalue weighted by molar-refractivity contribution is -0.122. The maximum Gasteiger partial charge on any atom is 0.335 e. The van der Waals surface area contributed by atoms with Gasteiger partial charge in [0.2, 0.25) is 0 Å². The summed E-state index contributed by atoms with van der Waals surface area (Å²) in [7, 11) is 0. The molecule has 39 heavy (non-hydrogen) atoms. The molecule has 0 saturated carbocycles. The Labute approximate surface area is 233 Å². The van der Waals surface area contributed by atoms with Gasteiger partial charge in [-0.2, -0.15) is 0 Å². The average Bonchev–Trinajstić information content (AvgIpc) is 2.91. The second-order valence-electron chi connectivity index (χ2n) is 8.48. The summed E-state index contributed by atoms with van der Waals surface area (Å²) in [5.41, 5.74) is 1.29. The molecular formula is C29H26BrFN2O6. The minimum atomic E-state index is -0.842. The third-order valence-electron chi connectivity index (χ3n) is 5.61. The van der Waals surface area contributed by atoms with Crippen molar-refractivity contribution in [1.82, 2.24) is 5.32 Å². The number of nitrogens with zero attached hydrogens (tertiary/aromatic N) is 1. The second-order valence-corrected chi connectivity index (χ2v) is 9.33. The number of hydrogen-bond acceptors (Lipinski definition) is 6. The van der Waals surface area contributed by atoms with Crippen molar-refractivity contribution in [2.75, 3.05) is 18.1 Å². The summed E-state index contributed by atoms with van der Waals surface area (Å²) in [5, 5.41) is 2.22. The number of barbiturate groups is 1. The molecule has 0 atom stereocenters. The first-order valence-electron chi connectivity index (χ1n) is 12.3. The number of imide groups is 2. The van der Waals surface area contributed by atoms with E-state index >= 15 is 0 Å². The summed E-state index contributed by atoms with van der Waals surface area (Å²) in [6, 6.07) is 14.8. The number of urea groups is 1. The number of carbonyl (C=O) groups is 3. The Hall–Kier alpha value is -4.18. The van der Waals surface area contributed by atoms with Crippen LogP contribution in [0.4, 0.5) is 14.9 Å². The van der Waals surface area contributed by atoms with Gasteiger partial charge in [0.05, 0.1) is 23.4 Å². The molecule has 0 radical (unpaired) electrons. The monoisotopic (exact) mass is 596 g/mol. The van der Waals surface area contributed by atoms with Gasteiger partial charge in [-0.3, -0.25) is 14.9 Å². The molecule has 0 aliphatic carbocycles. The van der Waals surface area contributed by atoms with Crippen molar-refractivity contribution in [3.8, 4) is 17.2 Å². The van der Waals surface area contributed by atoms with E-state index in [1.165, 1.54) is 18.2 Å². The van der Waals surface area contributed by atoms with Crippen molar-refractivity contribution >= 4 is 45.5 Å². The van der Waals surface area contributed by atoms with E-state index in [1.807, 2.05) is 13.8 Å². The standard InChI is InChI=1S/C29H26BrFN2O6/c1-3-13-38-22-11-9-21(10-12-22)33-28(35)23(27(34)32-29(33)36)14-19-15-24(30)26(25(16-19)37-4-2)39-17-18-5-7-20(31)8-6-18/h5-12,14-16H,3-4,13,17H2,1-2H3,(H,32,34,36)/b23-14-. The Morgan fingerprint density at radius 1 is 0.949 bits per heavy atom. The van der Waals surface area contributed by atoms with Gasteiger partial charge < -0.3 is 14.2 Å². The van der Waals surface area contributed by atoms with Gasteiger partial charge in [-0.25, -0.2) is 14.1 Å². The lowest BCUT2D eigenvalue weighted by atomic mass is 10.1. The van der Waals surface area contributed by atoms with Crippen molar-refractivity contribution in [2.45, 2.75) is 26.9 Å². The average molecular weight is 597 g/mol. The molecule has 8 nitrogen and oxygen atoms in total. The first-order valence-corrected chi connectivity index (χ1v) is 13.1. The highest BCUT2D eigenvalue weighted by molar-refractivity contribution is 9.10. The largest absolute Gasteiger partial charge is 0.494 e. The van der Waals surface area contributed by atoms with Gasteiger partial charge in [0.1, 0.15) is 23.7 Å². The van der Waals surface area contributed by atoms with Crippen LogP contribution in [0.5, 0.6) is 17.2 Å². The number of nitrogens with one attached hydrogen (secondary N) is 1. The predicted octanol–water partition coefficient (Wildman–Crippen LogP) is 6.02. The summed E-state index contributed by atoms with van der Waals surface area (Å²) in [6.07, 6.45) is 2.22.